The third kappa shape index (κ3) is 7.97. The molecule has 25 heavy (non-hydrogen) atoms. The number of rotatable bonds is 11. The molecule has 0 aromatic rings. The molecule has 0 radical (unpaired) electrons. The van der Waals surface area contributed by atoms with Gasteiger partial charge in [-0.2, -0.15) is 0 Å². The van der Waals surface area contributed by atoms with Crippen LogP contribution in [0.15, 0.2) is 0 Å². The van der Waals surface area contributed by atoms with Gasteiger partial charge in [-0.25, -0.2) is 4.79 Å². The Balaban J connectivity index is 5.17. The number of carbonyl (C=O) groups excluding carboxylic acids is 3. The molecule has 0 rings (SSSR count). The van der Waals surface area contributed by atoms with Gasteiger partial charge in [0.2, 0.25) is 17.7 Å². The molecule has 0 heterocycles. The first-order chi connectivity index (χ1) is 11.5. The quantitative estimate of drug-likeness (QED) is 0.329. The predicted molar refractivity (Wildman–Crippen MR) is 92.2 cm³/mol. The van der Waals surface area contributed by atoms with Gasteiger partial charge < -0.3 is 27.2 Å². The van der Waals surface area contributed by atoms with Gasteiger partial charge in [-0.05, 0) is 18.3 Å². The summed E-state index contributed by atoms with van der Waals surface area (Å²) in [4.78, 5) is 46.9. The van der Waals surface area contributed by atoms with Gasteiger partial charge in [0, 0.05) is 6.42 Å². The fraction of sp³-hybridized carbons (Fsp3) is 0.750. The number of carboxylic acid groups (broad SMARTS) is 1. The first kappa shape index (κ1) is 22.8. The molecule has 0 aromatic heterocycles. The molecule has 0 unspecified atom stereocenters. The van der Waals surface area contributed by atoms with Crippen molar-refractivity contribution in [2.45, 2.75) is 65.1 Å². The standard InChI is InChI=1S/C16H30N4O5/c1-5-9(4)13(16(24)25)20-14(22)10(6-7-11(17)21)19-15(23)12(18)8(2)3/h8-10,12-13H,5-7,18H2,1-4H3,(H2,17,21)(H,19,23)(H,20,22)(H,24,25)/t9-,10-,12-,13-/m0/s1. The average Bonchev–Trinajstić information content (AvgIpc) is 2.53. The van der Waals surface area contributed by atoms with Gasteiger partial charge in [0.15, 0.2) is 0 Å². The lowest BCUT2D eigenvalue weighted by atomic mass is 9.98. The van der Waals surface area contributed by atoms with Crippen LogP contribution in [0.25, 0.3) is 0 Å². The second-order valence-corrected chi connectivity index (χ2v) is 6.55. The third-order valence-corrected chi connectivity index (χ3v) is 4.11. The lowest BCUT2D eigenvalue weighted by Crippen LogP contribution is -2.56. The largest absolute Gasteiger partial charge is 0.480 e. The first-order valence-corrected chi connectivity index (χ1v) is 8.38. The van der Waals surface area contributed by atoms with Gasteiger partial charge in [-0.15, -0.1) is 0 Å². The Hall–Kier alpha value is -2.16. The van der Waals surface area contributed by atoms with Gasteiger partial charge in [0.05, 0.1) is 6.04 Å². The summed E-state index contributed by atoms with van der Waals surface area (Å²) in [5.41, 5.74) is 10.9. The molecule has 0 aliphatic carbocycles. The SMILES string of the molecule is CC[C@H](C)[C@H](NC(=O)[C@H](CCC(N)=O)NC(=O)[C@@H](N)C(C)C)C(=O)O. The molecule has 0 fully saturated rings. The minimum absolute atomic E-state index is 0.0371. The predicted octanol–water partition coefficient (Wildman–Crippen LogP) is -0.664. The van der Waals surface area contributed by atoms with Crippen molar-refractivity contribution in [3.05, 3.63) is 0 Å². The maximum absolute atomic E-state index is 12.4. The number of hydrogen-bond acceptors (Lipinski definition) is 5. The zero-order valence-corrected chi connectivity index (χ0v) is 15.2. The highest BCUT2D eigenvalue weighted by molar-refractivity contribution is 5.92. The second-order valence-electron chi connectivity index (χ2n) is 6.55. The smallest absolute Gasteiger partial charge is 0.326 e. The van der Waals surface area contributed by atoms with Gasteiger partial charge >= 0.3 is 5.97 Å². The van der Waals surface area contributed by atoms with E-state index in [0.717, 1.165) is 0 Å². The summed E-state index contributed by atoms with van der Waals surface area (Å²) in [5, 5.41) is 14.2. The van der Waals surface area contributed by atoms with Gasteiger partial charge in [-0.3, -0.25) is 14.4 Å². The van der Waals surface area contributed by atoms with E-state index < -0.39 is 41.8 Å². The maximum Gasteiger partial charge on any atom is 0.326 e. The molecule has 0 spiro atoms. The normalized spacial score (nSPS) is 15.8. The zero-order valence-electron chi connectivity index (χ0n) is 15.2. The minimum Gasteiger partial charge on any atom is -0.480 e. The van der Waals surface area contributed by atoms with E-state index in [2.05, 4.69) is 10.6 Å². The van der Waals surface area contributed by atoms with Crippen LogP contribution in [0.5, 0.6) is 0 Å². The van der Waals surface area contributed by atoms with E-state index in [-0.39, 0.29) is 24.7 Å². The highest BCUT2D eigenvalue weighted by Crippen LogP contribution is 2.09. The van der Waals surface area contributed by atoms with Crippen molar-refractivity contribution in [2.24, 2.45) is 23.3 Å². The van der Waals surface area contributed by atoms with Crippen LogP contribution in [0.2, 0.25) is 0 Å². The van der Waals surface area contributed by atoms with Crippen molar-refractivity contribution in [3.8, 4) is 0 Å². The number of carbonyl (C=O) groups is 4. The Morgan fingerprint density at radius 1 is 1.04 bits per heavy atom. The van der Waals surface area contributed by atoms with E-state index in [1.54, 1.807) is 27.7 Å². The van der Waals surface area contributed by atoms with Crippen molar-refractivity contribution in [1.29, 1.82) is 0 Å². The van der Waals surface area contributed by atoms with Crippen LogP contribution >= 0.6 is 0 Å². The molecular formula is C16H30N4O5. The lowest BCUT2D eigenvalue weighted by molar-refractivity contribution is -0.144. The lowest BCUT2D eigenvalue weighted by Gasteiger charge is -2.25. The molecular weight excluding hydrogens is 328 g/mol. The monoisotopic (exact) mass is 358 g/mol. The number of primary amides is 1. The molecule has 0 aromatic carbocycles. The van der Waals surface area contributed by atoms with Crippen LogP contribution in [0.3, 0.4) is 0 Å². The van der Waals surface area contributed by atoms with Crippen LogP contribution in [-0.4, -0.2) is 46.9 Å². The maximum atomic E-state index is 12.4. The Morgan fingerprint density at radius 2 is 1.60 bits per heavy atom. The van der Waals surface area contributed by atoms with Crippen molar-refractivity contribution in [1.82, 2.24) is 10.6 Å². The summed E-state index contributed by atoms with van der Waals surface area (Å²) in [5.74, 6) is -3.47. The number of hydrogen-bond donors (Lipinski definition) is 5. The van der Waals surface area contributed by atoms with Crippen LogP contribution in [0, 0.1) is 11.8 Å². The fourth-order valence-electron chi connectivity index (χ4n) is 2.06. The van der Waals surface area contributed by atoms with Gasteiger partial charge in [0.25, 0.3) is 0 Å². The van der Waals surface area contributed by atoms with E-state index in [4.69, 9.17) is 11.5 Å². The first-order valence-electron chi connectivity index (χ1n) is 8.38. The van der Waals surface area contributed by atoms with Crippen molar-refractivity contribution < 1.29 is 24.3 Å². The van der Waals surface area contributed by atoms with Gasteiger partial charge in [0.1, 0.15) is 12.1 Å². The van der Waals surface area contributed by atoms with Crippen molar-refractivity contribution in [3.63, 3.8) is 0 Å². The molecule has 0 aliphatic heterocycles. The Kier molecular flexibility index (Phi) is 9.73. The highest BCUT2D eigenvalue weighted by atomic mass is 16.4. The Bertz CT molecular complexity index is 495. The summed E-state index contributed by atoms with van der Waals surface area (Å²) in [6.45, 7) is 7.02. The minimum atomic E-state index is -1.17. The molecule has 4 atom stereocenters. The summed E-state index contributed by atoms with van der Waals surface area (Å²) in [7, 11) is 0. The zero-order chi connectivity index (χ0) is 19.7. The highest BCUT2D eigenvalue weighted by Gasteiger charge is 2.30. The second kappa shape index (κ2) is 10.7. The van der Waals surface area contributed by atoms with Gasteiger partial charge in [-0.1, -0.05) is 34.1 Å². The topological polar surface area (TPSA) is 165 Å². The summed E-state index contributed by atoms with van der Waals surface area (Å²) in [6.07, 6.45) is 0.384. The Labute approximate surface area is 147 Å². The molecule has 3 amide bonds. The molecule has 9 nitrogen and oxygen atoms in total. The van der Waals surface area contributed by atoms with E-state index in [0.29, 0.717) is 6.42 Å². The molecule has 0 aliphatic rings. The molecule has 9 heteroatoms. The fourth-order valence-corrected chi connectivity index (χ4v) is 2.06. The molecule has 144 valence electrons. The summed E-state index contributed by atoms with van der Waals surface area (Å²) < 4.78 is 0. The molecule has 0 saturated heterocycles. The van der Waals surface area contributed by atoms with E-state index in [1.807, 2.05) is 0 Å². The number of amides is 3. The van der Waals surface area contributed by atoms with Crippen molar-refractivity contribution in [2.75, 3.05) is 0 Å². The summed E-state index contributed by atoms with van der Waals surface area (Å²) in [6, 6.07) is -3.01. The number of nitrogens with one attached hydrogen (secondary N) is 2. The van der Waals surface area contributed by atoms with Crippen molar-refractivity contribution >= 4 is 23.7 Å². The molecule has 7 N–H and O–H groups in total. The van der Waals surface area contributed by atoms with Crippen LogP contribution in [0.1, 0.15) is 47.0 Å². The molecule has 0 bridgehead atoms. The average molecular weight is 358 g/mol. The molecule has 0 saturated carbocycles. The number of aliphatic carboxylic acids is 1. The summed E-state index contributed by atoms with van der Waals surface area (Å²) >= 11 is 0. The van der Waals surface area contributed by atoms with Crippen LogP contribution in [-0.2, 0) is 19.2 Å². The van der Waals surface area contributed by atoms with E-state index in [1.165, 1.54) is 0 Å². The van der Waals surface area contributed by atoms with Crippen LogP contribution < -0.4 is 22.1 Å². The number of carboxylic acids is 1. The Morgan fingerprint density at radius 3 is 2.00 bits per heavy atom. The van der Waals surface area contributed by atoms with E-state index in [9.17, 15) is 24.3 Å². The number of nitrogens with two attached hydrogens (primary N) is 2. The van der Waals surface area contributed by atoms with E-state index >= 15 is 0 Å². The third-order valence-electron chi connectivity index (χ3n) is 4.11. The van der Waals surface area contributed by atoms with Crippen LogP contribution in [0.4, 0.5) is 0 Å².